The summed E-state index contributed by atoms with van der Waals surface area (Å²) in [5.74, 6) is 0.316. The monoisotopic (exact) mass is 459 g/mol. The standard InChI is InChI=1S/C25H30ClNO5/c1-5-31-24(29)18-14-27-20(13-21(18)28)17-11-19(26)22(32-10-6-9-30-4)12-16(17)15-7-8-25(2,3)23(15)27/h11-15,23H,5-10H2,1-4H3/t15-,23?/m1/s1. The number of pyridine rings is 1. The third-order valence-corrected chi connectivity index (χ3v) is 6.98. The topological polar surface area (TPSA) is 66.8 Å². The van der Waals surface area contributed by atoms with Crippen LogP contribution in [0.3, 0.4) is 0 Å². The zero-order valence-electron chi connectivity index (χ0n) is 19.1. The molecule has 0 spiro atoms. The lowest BCUT2D eigenvalue weighted by molar-refractivity contribution is 0.0523. The van der Waals surface area contributed by atoms with E-state index >= 15 is 0 Å². The van der Waals surface area contributed by atoms with Gasteiger partial charge in [-0.2, -0.15) is 0 Å². The average molecular weight is 460 g/mol. The summed E-state index contributed by atoms with van der Waals surface area (Å²) in [7, 11) is 1.67. The molecule has 7 heteroatoms. The molecule has 2 atom stereocenters. The number of hydrogen-bond donors (Lipinski definition) is 0. The summed E-state index contributed by atoms with van der Waals surface area (Å²) in [5.41, 5.74) is 2.58. The number of fused-ring (bicyclic) bond motifs is 6. The van der Waals surface area contributed by atoms with Crippen LogP contribution < -0.4 is 10.2 Å². The van der Waals surface area contributed by atoms with Crippen LogP contribution in [0.1, 0.15) is 67.9 Å². The second kappa shape index (κ2) is 8.91. The van der Waals surface area contributed by atoms with E-state index in [-0.39, 0.29) is 35.0 Å². The first-order valence-electron chi connectivity index (χ1n) is 11.2. The number of nitrogens with zero attached hydrogens (tertiary/aromatic N) is 1. The van der Waals surface area contributed by atoms with Crippen molar-refractivity contribution in [3.05, 3.63) is 50.8 Å². The van der Waals surface area contributed by atoms with Crippen molar-refractivity contribution in [1.29, 1.82) is 0 Å². The third-order valence-electron chi connectivity index (χ3n) is 6.69. The second-order valence-electron chi connectivity index (χ2n) is 9.21. The van der Waals surface area contributed by atoms with Crippen molar-refractivity contribution >= 4 is 17.6 Å². The summed E-state index contributed by atoms with van der Waals surface area (Å²) in [6.07, 6.45) is 4.51. The highest BCUT2D eigenvalue weighted by Gasteiger charge is 2.47. The molecule has 1 saturated carbocycles. The molecule has 2 heterocycles. The molecule has 0 radical (unpaired) electrons. The Morgan fingerprint density at radius 2 is 2.03 bits per heavy atom. The molecule has 0 bridgehead atoms. The van der Waals surface area contributed by atoms with E-state index in [1.807, 2.05) is 12.1 Å². The number of hydrogen-bond acceptors (Lipinski definition) is 5. The highest BCUT2D eigenvalue weighted by molar-refractivity contribution is 6.32. The van der Waals surface area contributed by atoms with Crippen LogP contribution in [0.4, 0.5) is 0 Å². The Balaban J connectivity index is 1.84. The van der Waals surface area contributed by atoms with Crippen molar-refractivity contribution < 1.29 is 19.0 Å². The molecule has 2 aromatic rings. The molecule has 1 aromatic carbocycles. The fraction of sp³-hybridized carbons (Fsp3) is 0.520. The van der Waals surface area contributed by atoms with Gasteiger partial charge in [-0.25, -0.2) is 4.79 Å². The maximum absolute atomic E-state index is 12.8. The highest BCUT2D eigenvalue weighted by atomic mass is 35.5. The first-order chi connectivity index (χ1) is 15.3. The molecule has 2 aliphatic rings. The van der Waals surface area contributed by atoms with Gasteiger partial charge in [-0.1, -0.05) is 25.4 Å². The van der Waals surface area contributed by atoms with Crippen LogP contribution in [-0.2, 0) is 9.47 Å². The summed E-state index contributed by atoms with van der Waals surface area (Å²) in [5, 5.41) is 0.505. The Hall–Kier alpha value is -2.31. The minimum Gasteiger partial charge on any atom is -0.492 e. The predicted molar refractivity (Wildman–Crippen MR) is 124 cm³/mol. The van der Waals surface area contributed by atoms with E-state index in [0.717, 1.165) is 36.1 Å². The molecule has 1 fully saturated rings. The van der Waals surface area contributed by atoms with Gasteiger partial charge in [0.25, 0.3) is 0 Å². The number of rotatable bonds is 7. The zero-order chi connectivity index (χ0) is 23.0. The number of carbonyl (C=O) groups excluding carboxylic acids is 1. The van der Waals surface area contributed by atoms with Gasteiger partial charge in [0.2, 0.25) is 0 Å². The molecule has 0 N–H and O–H groups in total. The minimum atomic E-state index is -0.580. The van der Waals surface area contributed by atoms with E-state index in [2.05, 4.69) is 18.4 Å². The Labute approximate surface area is 193 Å². The van der Waals surface area contributed by atoms with Crippen LogP contribution in [0.25, 0.3) is 11.3 Å². The molecule has 1 unspecified atom stereocenters. The lowest BCUT2D eigenvalue weighted by Crippen LogP contribution is -2.32. The summed E-state index contributed by atoms with van der Waals surface area (Å²) < 4.78 is 18.3. The van der Waals surface area contributed by atoms with E-state index < -0.39 is 5.97 Å². The largest absolute Gasteiger partial charge is 0.492 e. The van der Waals surface area contributed by atoms with Crippen LogP contribution in [0.2, 0.25) is 5.02 Å². The maximum atomic E-state index is 12.8. The number of carbonyl (C=O) groups is 1. The van der Waals surface area contributed by atoms with Crippen molar-refractivity contribution in [2.24, 2.45) is 5.41 Å². The molecule has 0 saturated heterocycles. The average Bonchev–Trinajstić information content (AvgIpc) is 3.07. The van der Waals surface area contributed by atoms with E-state index in [9.17, 15) is 9.59 Å². The molecular formula is C25H30ClNO5. The Morgan fingerprint density at radius 1 is 1.25 bits per heavy atom. The third kappa shape index (κ3) is 3.95. The van der Waals surface area contributed by atoms with Gasteiger partial charge in [0.05, 0.1) is 23.9 Å². The normalized spacial score (nSPS) is 20.3. The lowest BCUT2D eigenvalue weighted by Gasteiger charge is -2.40. The molecule has 1 aliphatic carbocycles. The van der Waals surface area contributed by atoms with Gasteiger partial charge in [0, 0.05) is 49.9 Å². The fourth-order valence-electron chi connectivity index (χ4n) is 5.23. The van der Waals surface area contributed by atoms with Crippen molar-refractivity contribution in [2.75, 3.05) is 26.9 Å². The molecule has 172 valence electrons. The van der Waals surface area contributed by atoms with Crippen LogP contribution in [0, 0.1) is 5.41 Å². The fourth-order valence-corrected chi connectivity index (χ4v) is 5.44. The number of benzene rings is 1. The summed E-state index contributed by atoms with van der Waals surface area (Å²) in [6.45, 7) is 7.59. The summed E-state index contributed by atoms with van der Waals surface area (Å²) in [6, 6.07) is 5.59. The second-order valence-corrected chi connectivity index (χ2v) is 9.61. The molecular weight excluding hydrogens is 430 g/mol. The Bertz CT molecular complexity index is 1090. The van der Waals surface area contributed by atoms with Gasteiger partial charge in [0.15, 0.2) is 5.43 Å². The smallest absolute Gasteiger partial charge is 0.343 e. The SMILES string of the molecule is CCOC(=O)c1cn2c(cc1=O)-c1cc(Cl)c(OCCCOC)cc1[C@H]1CCC(C)(C)C12. The van der Waals surface area contributed by atoms with Crippen molar-refractivity contribution in [3.63, 3.8) is 0 Å². The Kier molecular flexibility index (Phi) is 6.37. The number of aromatic nitrogens is 1. The number of esters is 1. The molecule has 6 nitrogen and oxygen atoms in total. The number of methoxy groups -OCH3 is 1. The number of halogens is 1. The van der Waals surface area contributed by atoms with Crippen LogP contribution in [0.5, 0.6) is 5.75 Å². The van der Waals surface area contributed by atoms with E-state index in [1.54, 1.807) is 26.3 Å². The first-order valence-corrected chi connectivity index (χ1v) is 11.5. The van der Waals surface area contributed by atoms with Crippen LogP contribution in [-0.4, -0.2) is 37.5 Å². The van der Waals surface area contributed by atoms with Crippen molar-refractivity contribution in [1.82, 2.24) is 4.57 Å². The van der Waals surface area contributed by atoms with Gasteiger partial charge in [-0.15, -0.1) is 0 Å². The van der Waals surface area contributed by atoms with Gasteiger partial charge < -0.3 is 18.8 Å². The summed E-state index contributed by atoms with van der Waals surface area (Å²) >= 11 is 6.58. The highest BCUT2D eigenvalue weighted by Crippen LogP contribution is 2.59. The van der Waals surface area contributed by atoms with Gasteiger partial charge in [-0.05, 0) is 42.9 Å². The van der Waals surface area contributed by atoms with Crippen molar-refractivity contribution in [2.45, 2.75) is 52.0 Å². The molecule has 1 aliphatic heterocycles. The van der Waals surface area contributed by atoms with E-state index in [4.69, 9.17) is 25.8 Å². The van der Waals surface area contributed by atoms with Gasteiger partial charge in [-0.3, -0.25) is 4.79 Å². The lowest BCUT2D eigenvalue weighted by atomic mass is 9.77. The van der Waals surface area contributed by atoms with Crippen LogP contribution in [0.15, 0.2) is 29.2 Å². The maximum Gasteiger partial charge on any atom is 0.343 e. The molecule has 32 heavy (non-hydrogen) atoms. The van der Waals surface area contributed by atoms with Gasteiger partial charge in [0.1, 0.15) is 11.3 Å². The first kappa shape index (κ1) is 22.9. The van der Waals surface area contributed by atoms with E-state index in [1.165, 1.54) is 0 Å². The zero-order valence-corrected chi connectivity index (χ0v) is 19.8. The van der Waals surface area contributed by atoms with Gasteiger partial charge >= 0.3 is 5.97 Å². The number of ether oxygens (including phenoxy) is 3. The van der Waals surface area contributed by atoms with Crippen molar-refractivity contribution in [3.8, 4) is 17.0 Å². The van der Waals surface area contributed by atoms with E-state index in [0.29, 0.717) is 24.0 Å². The molecule has 0 amide bonds. The quantitative estimate of drug-likeness (QED) is 0.419. The van der Waals surface area contributed by atoms with Crippen LogP contribution >= 0.6 is 11.6 Å². The predicted octanol–water partition coefficient (Wildman–Crippen LogP) is 5.22. The Morgan fingerprint density at radius 3 is 2.75 bits per heavy atom. The molecule has 4 rings (SSSR count). The minimum absolute atomic E-state index is 0.00275. The molecule has 1 aromatic heterocycles. The summed E-state index contributed by atoms with van der Waals surface area (Å²) in [4.78, 5) is 25.3.